The molecule has 45 heavy (non-hydrogen) atoms. The maximum atomic E-state index is 13.7. The number of carbonyl (C=O) groups excluding carboxylic acids is 2. The molecule has 3 N–H and O–H groups in total. The molecule has 2 amide bonds. The van der Waals surface area contributed by atoms with Crippen LogP contribution in [0.15, 0.2) is 55.1 Å². The molecule has 0 spiro atoms. The van der Waals surface area contributed by atoms with Gasteiger partial charge >= 0.3 is 0 Å². The highest BCUT2D eigenvalue weighted by Crippen LogP contribution is 2.36. The van der Waals surface area contributed by atoms with E-state index in [9.17, 15) is 14.9 Å². The monoisotopic (exact) mass is 605 g/mol. The zero-order chi connectivity index (χ0) is 31.6. The highest BCUT2D eigenvalue weighted by Gasteiger charge is 2.33. The van der Waals surface area contributed by atoms with Gasteiger partial charge in [-0.1, -0.05) is 56.2 Å². The summed E-state index contributed by atoms with van der Waals surface area (Å²) in [5.41, 5.74) is 12.0. The Hall–Kier alpha value is -4.42. The lowest BCUT2D eigenvalue weighted by atomic mass is 9.82. The molecule has 0 radical (unpaired) electrons. The Kier molecular flexibility index (Phi) is 8.77. The van der Waals surface area contributed by atoms with Crippen molar-refractivity contribution in [1.82, 2.24) is 15.2 Å². The molecule has 3 aromatic rings. The van der Waals surface area contributed by atoms with Gasteiger partial charge in [-0.05, 0) is 55.3 Å². The van der Waals surface area contributed by atoms with Crippen LogP contribution in [0.3, 0.4) is 0 Å². The van der Waals surface area contributed by atoms with Gasteiger partial charge < -0.3 is 25.8 Å². The fourth-order valence-electron chi connectivity index (χ4n) is 7.43. The van der Waals surface area contributed by atoms with E-state index >= 15 is 0 Å². The second kappa shape index (κ2) is 12.9. The van der Waals surface area contributed by atoms with Crippen molar-refractivity contribution in [3.8, 4) is 6.07 Å². The molecule has 1 aromatic heterocycles. The second-order valence-electron chi connectivity index (χ2n) is 12.9. The fraction of sp³-hybridized carbons (Fsp3) is 0.444. The number of aryl methyl sites for hydroxylation is 1. The number of carbonyl (C=O) groups is 2. The number of hydrogen-bond acceptors (Lipinski definition) is 7. The molecule has 3 heterocycles. The van der Waals surface area contributed by atoms with Crippen LogP contribution in [0.2, 0.25) is 0 Å². The van der Waals surface area contributed by atoms with E-state index in [4.69, 9.17) is 10.7 Å². The molecule has 6 rings (SSSR count). The summed E-state index contributed by atoms with van der Waals surface area (Å²) in [7, 11) is 0. The Balaban J connectivity index is 1.35. The zero-order valence-electron chi connectivity index (χ0n) is 26.2. The molecular formula is C36H43N7O2. The van der Waals surface area contributed by atoms with Gasteiger partial charge in [-0.2, -0.15) is 5.26 Å². The molecule has 3 aliphatic rings. The summed E-state index contributed by atoms with van der Waals surface area (Å²) in [6, 6.07) is 16.7. The minimum absolute atomic E-state index is 0.161. The summed E-state index contributed by atoms with van der Waals surface area (Å²) < 4.78 is 0. The molecule has 0 unspecified atom stereocenters. The van der Waals surface area contributed by atoms with Crippen LogP contribution < -0.4 is 20.9 Å². The van der Waals surface area contributed by atoms with E-state index in [1.54, 1.807) is 4.90 Å². The van der Waals surface area contributed by atoms with Gasteiger partial charge in [0.25, 0.3) is 5.91 Å². The summed E-state index contributed by atoms with van der Waals surface area (Å²) >= 11 is 0. The van der Waals surface area contributed by atoms with E-state index in [-0.39, 0.29) is 29.8 Å². The largest absolute Gasteiger partial charge is 0.367 e. The van der Waals surface area contributed by atoms with Crippen molar-refractivity contribution in [2.75, 3.05) is 42.5 Å². The van der Waals surface area contributed by atoms with Crippen molar-refractivity contribution in [2.45, 2.75) is 70.0 Å². The maximum Gasteiger partial charge on any atom is 0.270 e. The number of hydrogen-bond donors (Lipinski definition) is 2. The number of benzene rings is 2. The lowest BCUT2D eigenvalue weighted by molar-refractivity contribution is -0.128. The number of fused-ring (bicyclic) bond motifs is 2. The Morgan fingerprint density at radius 2 is 1.89 bits per heavy atom. The van der Waals surface area contributed by atoms with Gasteiger partial charge in [0.2, 0.25) is 5.91 Å². The molecule has 2 aliphatic heterocycles. The van der Waals surface area contributed by atoms with Gasteiger partial charge in [0, 0.05) is 60.6 Å². The molecule has 9 heteroatoms. The normalized spacial score (nSPS) is 19.5. The second-order valence-corrected chi connectivity index (χ2v) is 12.9. The number of pyridine rings is 1. The van der Waals surface area contributed by atoms with Crippen LogP contribution >= 0.6 is 0 Å². The minimum Gasteiger partial charge on any atom is -0.367 e. The average Bonchev–Trinajstić information content (AvgIpc) is 3.06. The van der Waals surface area contributed by atoms with Gasteiger partial charge in [0.15, 0.2) is 0 Å². The van der Waals surface area contributed by atoms with Crippen LogP contribution in [0.4, 0.5) is 11.4 Å². The molecule has 0 bridgehead atoms. The first-order chi connectivity index (χ1) is 21.8. The van der Waals surface area contributed by atoms with Crippen molar-refractivity contribution in [3.63, 3.8) is 0 Å². The van der Waals surface area contributed by atoms with E-state index in [0.717, 1.165) is 55.6 Å². The number of anilines is 2. The van der Waals surface area contributed by atoms with E-state index in [1.165, 1.54) is 34.5 Å². The lowest BCUT2D eigenvalue weighted by Crippen LogP contribution is -2.55. The highest BCUT2D eigenvalue weighted by atomic mass is 16.2. The van der Waals surface area contributed by atoms with E-state index in [1.807, 2.05) is 6.07 Å². The van der Waals surface area contributed by atoms with Crippen molar-refractivity contribution in [1.29, 1.82) is 5.26 Å². The van der Waals surface area contributed by atoms with Crippen LogP contribution in [-0.2, 0) is 17.8 Å². The number of nitrogens with zero attached hydrogens (tertiary/aromatic N) is 5. The molecule has 2 aromatic carbocycles. The lowest BCUT2D eigenvalue weighted by Gasteiger charge is -2.43. The quantitative estimate of drug-likeness (QED) is 0.378. The Morgan fingerprint density at radius 1 is 1.11 bits per heavy atom. The molecule has 2 fully saturated rings. The molecule has 9 nitrogen and oxygen atoms in total. The SMILES string of the molecule is C=CC(=O)N1CCN(c2cc(C(=O)NCC3(N)CCCCC3)nc3c2CCN(c2cccc4cccc(C)c24)C3)C[C@@H]1CC#N. The molecule has 1 saturated heterocycles. The zero-order valence-corrected chi connectivity index (χ0v) is 26.2. The van der Waals surface area contributed by atoms with Gasteiger partial charge in [0.1, 0.15) is 5.69 Å². The molecule has 234 valence electrons. The van der Waals surface area contributed by atoms with E-state index < -0.39 is 0 Å². The fourth-order valence-corrected chi connectivity index (χ4v) is 7.43. The summed E-state index contributed by atoms with van der Waals surface area (Å²) in [4.78, 5) is 37.6. The maximum absolute atomic E-state index is 13.7. The van der Waals surface area contributed by atoms with Crippen molar-refractivity contribution >= 4 is 34.0 Å². The third kappa shape index (κ3) is 6.25. The van der Waals surface area contributed by atoms with E-state index in [0.29, 0.717) is 38.4 Å². The van der Waals surface area contributed by atoms with Gasteiger partial charge in [0.05, 0.1) is 30.8 Å². The standard InChI is InChI=1S/C36H43N7O2/c1-3-33(44)43-20-19-42(22-27(43)13-17-37)32-21-29(35(45)39-24-36(38)15-5-4-6-16-36)40-30-23-41(18-14-28(30)32)31-12-8-11-26-10-7-9-25(2)34(26)31/h3,7-12,21,27H,1,4-6,13-16,18-20,22-24,38H2,2H3,(H,39,45)/t27-/m0/s1. The third-order valence-corrected chi connectivity index (χ3v) is 9.88. The summed E-state index contributed by atoms with van der Waals surface area (Å²) in [6.07, 6.45) is 7.48. The van der Waals surface area contributed by atoms with Crippen LogP contribution in [0.25, 0.3) is 10.8 Å². The number of nitrogens with two attached hydrogens (primary N) is 1. The predicted octanol–water partition coefficient (Wildman–Crippen LogP) is 4.61. The first-order valence-corrected chi connectivity index (χ1v) is 16.2. The molecule has 1 aliphatic carbocycles. The molecule has 1 atom stereocenters. The number of nitrogens with one attached hydrogen (secondary N) is 1. The van der Waals surface area contributed by atoms with Crippen molar-refractivity contribution < 1.29 is 9.59 Å². The van der Waals surface area contributed by atoms with Gasteiger partial charge in [-0.3, -0.25) is 9.59 Å². The van der Waals surface area contributed by atoms with Crippen molar-refractivity contribution in [2.24, 2.45) is 5.73 Å². The van der Waals surface area contributed by atoms with Crippen LogP contribution in [-0.4, -0.2) is 66.0 Å². The molecular weight excluding hydrogens is 562 g/mol. The number of piperazine rings is 1. The van der Waals surface area contributed by atoms with Crippen LogP contribution in [0, 0.1) is 18.3 Å². The first-order valence-electron chi connectivity index (χ1n) is 16.2. The summed E-state index contributed by atoms with van der Waals surface area (Å²) in [6.45, 7) is 9.19. The average molecular weight is 606 g/mol. The van der Waals surface area contributed by atoms with Crippen LogP contribution in [0.5, 0.6) is 0 Å². The Labute approximate surface area is 265 Å². The number of aromatic nitrogens is 1. The van der Waals surface area contributed by atoms with Gasteiger partial charge in [-0.25, -0.2) is 4.98 Å². The molecule has 1 saturated carbocycles. The summed E-state index contributed by atoms with van der Waals surface area (Å²) in [5.74, 6) is -0.382. The minimum atomic E-state index is -0.382. The van der Waals surface area contributed by atoms with Crippen molar-refractivity contribution in [3.05, 3.63) is 77.6 Å². The number of nitriles is 1. The Morgan fingerprint density at radius 3 is 2.64 bits per heavy atom. The highest BCUT2D eigenvalue weighted by molar-refractivity contribution is 5.97. The van der Waals surface area contributed by atoms with Gasteiger partial charge in [-0.15, -0.1) is 0 Å². The topological polar surface area (TPSA) is 119 Å². The first kappa shape index (κ1) is 30.6. The number of rotatable bonds is 7. The van der Waals surface area contributed by atoms with Crippen LogP contribution in [0.1, 0.15) is 65.8 Å². The smallest absolute Gasteiger partial charge is 0.270 e. The third-order valence-electron chi connectivity index (χ3n) is 9.88. The Bertz CT molecular complexity index is 1650. The number of amides is 2. The predicted molar refractivity (Wildman–Crippen MR) is 178 cm³/mol. The summed E-state index contributed by atoms with van der Waals surface area (Å²) in [5, 5.41) is 15.1. The van der Waals surface area contributed by atoms with E-state index in [2.05, 4.69) is 71.1 Å².